The number of hydrogen-bond donors (Lipinski definition) is 1. The monoisotopic (exact) mass is 169 g/mol. The van der Waals surface area contributed by atoms with E-state index in [0.29, 0.717) is 12.8 Å². The second kappa shape index (κ2) is 4.26. The van der Waals surface area contributed by atoms with Crippen LogP contribution in [-0.2, 0) is 6.42 Å². The van der Waals surface area contributed by atoms with E-state index in [-0.39, 0.29) is 6.10 Å². The van der Waals surface area contributed by atoms with Gasteiger partial charge in [0.25, 0.3) is 0 Å². The third-order valence-corrected chi connectivity index (χ3v) is 2.13. The fourth-order valence-corrected chi connectivity index (χ4v) is 1.52. The van der Waals surface area contributed by atoms with Crippen LogP contribution in [0.25, 0.3) is 0 Å². The minimum absolute atomic E-state index is 0.321. The topological polar surface area (TPSA) is 33.1 Å². The zero-order valence-electron chi connectivity index (χ0n) is 6.23. The van der Waals surface area contributed by atoms with E-state index in [0.717, 1.165) is 5.01 Å². The van der Waals surface area contributed by atoms with Gasteiger partial charge in [0.05, 0.1) is 11.1 Å². The van der Waals surface area contributed by atoms with Crippen LogP contribution in [0.1, 0.15) is 11.4 Å². The van der Waals surface area contributed by atoms with Gasteiger partial charge in [-0.3, -0.25) is 0 Å². The van der Waals surface area contributed by atoms with Gasteiger partial charge in [-0.25, -0.2) is 4.98 Å². The lowest BCUT2D eigenvalue weighted by molar-refractivity contribution is 0.178. The average Bonchev–Trinajstić information content (AvgIpc) is 2.40. The van der Waals surface area contributed by atoms with Gasteiger partial charge in [-0.2, -0.15) is 0 Å². The first-order valence-corrected chi connectivity index (χ1v) is 4.38. The molecule has 0 bridgehead atoms. The van der Waals surface area contributed by atoms with Gasteiger partial charge in [-0.05, 0) is 6.42 Å². The lowest BCUT2D eigenvalue weighted by Gasteiger charge is -2.03. The van der Waals surface area contributed by atoms with Crippen molar-refractivity contribution in [1.29, 1.82) is 0 Å². The lowest BCUT2D eigenvalue weighted by atomic mass is 10.2. The maximum atomic E-state index is 9.32. The summed E-state index contributed by atoms with van der Waals surface area (Å²) in [6, 6.07) is 0. The molecule has 1 aromatic heterocycles. The molecule has 3 heteroatoms. The van der Waals surface area contributed by atoms with Crippen LogP contribution in [0.5, 0.6) is 0 Å². The van der Waals surface area contributed by atoms with Crippen LogP contribution in [-0.4, -0.2) is 16.2 Å². The molecule has 1 aromatic rings. The maximum absolute atomic E-state index is 9.32. The van der Waals surface area contributed by atoms with Gasteiger partial charge < -0.3 is 5.11 Å². The quantitative estimate of drug-likeness (QED) is 0.695. The molecule has 2 nitrogen and oxygen atoms in total. The summed E-state index contributed by atoms with van der Waals surface area (Å²) in [6.07, 6.45) is 4.43. The number of hydrogen-bond acceptors (Lipinski definition) is 3. The van der Waals surface area contributed by atoms with Crippen molar-refractivity contribution in [3.63, 3.8) is 0 Å². The summed E-state index contributed by atoms with van der Waals surface area (Å²) in [5.74, 6) is 0. The number of rotatable bonds is 4. The molecule has 0 aliphatic rings. The van der Waals surface area contributed by atoms with E-state index in [1.54, 1.807) is 23.6 Å². The van der Waals surface area contributed by atoms with E-state index in [2.05, 4.69) is 11.6 Å². The molecule has 11 heavy (non-hydrogen) atoms. The van der Waals surface area contributed by atoms with E-state index < -0.39 is 0 Å². The SMILES string of the molecule is C=CCC(O)Cc1nccs1. The van der Waals surface area contributed by atoms with Crippen LogP contribution in [0.15, 0.2) is 24.2 Å². The molecule has 0 aromatic carbocycles. The molecule has 60 valence electrons. The molecule has 1 N–H and O–H groups in total. The molecule has 0 fully saturated rings. The Morgan fingerprint density at radius 2 is 2.64 bits per heavy atom. The smallest absolute Gasteiger partial charge is 0.0950 e. The first kappa shape index (κ1) is 8.43. The second-order valence-corrected chi connectivity index (χ2v) is 3.29. The van der Waals surface area contributed by atoms with Gasteiger partial charge in [0, 0.05) is 18.0 Å². The van der Waals surface area contributed by atoms with Crippen molar-refractivity contribution < 1.29 is 5.11 Å². The van der Waals surface area contributed by atoms with Gasteiger partial charge in [0.1, 0.15) is 0 Å². The molecule has 0 spiro atoms. The fraction of sp³-hybridized carbons (Fsp3) is 0.375. The predicted molar refractivity (Wildman–Crippen MR) is 46.6 cm³/mol. The van der Waals surface area contributed by atoms with Gasteiger partial charge in [0.2, 0.25) is 0 Å². The summed E-state index contributed by atoms with van der Waals surface area (Å²) >= 11 is 1.57. The molecule has 0 saturated heterocycles. The zero-order chi connectivity index (χ0) is 8.10. The molecule has 1 atom stereocenters. The van der Waals surface area contributed by atoms with Crippen molar-refractivity contribution in [3.05, 3.63) is 29.2 Å². The summed E-state index contributed by atoms with van der Waals surface area (Å²) in [5, 5.41) is 12.2. The largest absolute Gasteiger partial charge is 0.392 e. The first-order valence-electron chi connectivity index (χ1n) is 3.50. The Balaban J connectivity index is 2.37. The Kier molecular flexibility index (Phi) is 3.26. The van der Waals surface area contributed by atoms with E-state index >= 15 is 0 Å². The first-order chi connectivity index (χ1) is 5.33. The van der Waals surface area contributed by atoms with Crippen LogP contribution < -0.4 is 0 Å². The number of aromatic nitrogens is 1. The van der Waals surface area contributed by atoms with Crippen LogP contribution in [0.3, 0.4) is 0 Å². The van der Waals surface area contributed by atoms with Gasteiger partial charge in [-0.15, -0.1) is 17.9 Å². The molecule has 1 rings (SSSR count). The van der Waals surface area contributed by atoms with E-state index in [1.165, 1.54) is 0 Å². The van der Waals surface area contributed by atoms with Crippen molar-refractivity contribution in [3.8, 4) is 0 Å². The summed E-state index contributed by atoms with van der Waals surface area (Å²) in [7, 11) is 0. The fourth-order valence-electron chi connectivity index (χ4n) is 0.831. The molecule has 1 unspecified atom stereocenters. The highest BCUT2D eigenvalue weighted by Gasteiger charge is 2.04. The molecule has 0 aliphatic carbocycles. The summed E-state index contributed by atoms with van der Waals surface area (Å²) in [4.78, 5) is 4.06. The van der Waals surface area contributed by atoms with E-state index in [4.69, 9.17) is 0 Å². The van der Waals surface area contributed by atoms with Gasteiger partial charge in [0.15, 0.2) is 0 Å². The standard InChI is InChI=1S/C8H11NOS/c1-2-3-7(10)6-8-9-4-5-11-8/h2,4-5,7,10H,1,3,6H2. The van der Waals surface area contributed by atoms with Crippen LogP contribution in [0.2, 0.25) is 0 Å². The molecule has 0 radical (unpaired) electrons. The zero-order valence-corrected chi connectivity index (χ0v) is 7.05. The summed E-state index contributed by atoms with van der Waals surface area (Å²) in [6.45, 7) is 3.55. The molecule has 0 amide bonds. The Morgan fingerprint density at radius 3 is 3.18 bits per heavy atom. The Hall–Kier alpha value is -0.670. The average molecular weight is 169 g/mol. The van der Waals surface area contributed by atoms with Crippen molar-refractivity contribution in [1.82, 2.24) is 4.98 Å². The van der Waals surface area contributed by atoms with E-state index in [1.807, 2.05) is 5.38 Å². The minimum atomic E-state index is -0.321. The highest BCUT2D eigenvalue weighted by Crippen LogP contribution is 2.08. The number of thiazole rings is 1. The van der Waals surface area contributed by atoms with Crippen LogP contribution >= 0.6 is 11.3 Å². The maximum Gasteiger partial charge on any atom is 0.0950 e. The molecule has 0 saturated carbocycles. The van der Waals surface area contributed by atoms with Crippen LogP contribution in [0, 0.1) is 0 Å². The number of nitrogens with zero attached hydrogens (tertiary/aromatic N) is 1. The van der Waals surface area contributed by atoms with Crippen molar-refractivity contribution in [2.45, 2.75) is 18.9 Å². The Morgan fingerprint density at radius 1 is 1.82 bits per heavy atom. The van der Waals surface area contributed by atoms with Crippen LogP contribution in [0.4, 0.5) is 0 Å². The molecular weight excluding hydrogens is 158 g/mol. The van der Waals surface area contributed by atoms with Gasteiger partial charge in [-0.1, -0.05) is 6.08 Å². The molecule has 1 heterocycles. The number of aliphatic hydroxyl groups excluding tert-OH is 1. The minimum Gasteiger partial charge on any atom is -0.392 e. The normalized spacial score (nSPS) is 12.8. The highest BCUT2D eigenvalue weighted by atomic mass is 32.1. The van der Waals surface area contributed by atoms with Crippen molar-refractivity contribution >= 4 is 11.3 Å². The predicted octanol–water partition coefficient (Wildman–Crippen LogP) is 1.62. The third-order valence-electron chi connectivity index (χ3n) is 1.33. The Labute approximate surface area is 70.2 Å². The lowest BCUT2D eigenvalue weighted by Crippen LogP contribution is -2.08. The summed E-state index contributed by atoms with van der Waals surface area (Å²) in [5.41, 5.74) is 0. The Bertz CT molecular complexity index is 208. The molecule has 0 aliphatic heterocycles. The number of aliphatic hydroxyl groups is 1. The van der Waals surface area contributed by atoms with Gasteiger partial charge >= 0.3 is 0 Å². The highest BCUT2D eigenvalue weighted by molar-refractivity contribution is 7.09. The third kappa shape index (κ3) is 2.82. The second-order valence-electron chi connectivity index (χ2n) is 2.31. The summed E-state index contributed by atoms with van der Waals surface area (Å²) < 4.78 is 0. The van der Waals surface area contributed by atoms with Crippen molar-refractivity contribution in [2.75, 3.05) is 0 Å². The van der Waals surface area contributed by atoms with Crippen molar-refractivity contribution in [2.24, 2.45) is 0 Å². The molecular formula is C8H11NOS. The van der Waals surface area contributed by atoms with E-state index in [9.17, 15) is 5.11 Å².